The van der Waals surface area contributed by atoms with Gasteiger partial charge in [-0.1, -0.05) is 6.07 Å². The normalized spacial score (nSPS) is 10.4. The molecule has 1 rings (SSSR count). The molecule has 19 heavy (non-hydrogen) atoms. The van der Waals surface area contributed by atoms with Gasteiger partial charge in [0.2, 0.25) is 0 Å². The van der Waals surface area contributed by atoms with Gasteiger partial charge in [-0.2, -0.15) is 0 Å². The number of methoxy groups -OCH3 is 1. The third-order valence-electron chi connectivity index (χ3n) is 2.32. The van der Waals surface area contributed by atoms with E-state index in [1.807, 2.05) is 0 Å². The molecule has 7 heteroatoms. The van der Waals surface area contributed by atoms with Crippen LogP contribution in [-0.2, 0) is 16.1 Å². The number of nitro groups is 1. The first-order chi connectivity index (χ1) is 9.19. The quantitative estimate of drug-likeness (QED) is 0.411. The number of hydrogen-bond donors (Lipinski definition) is 1. The molecule has 106 valence electrons. The number of aliphatic hydroxyl groups excluding tert-OH is 1. The molecule has 1 aromatic carbocycles. The van der Waals surface area contributed by atoms with Crippen LogP contribution in [0.25, 0.3) is 0 Å². The Hall–Kier alpha value is -1.70. The van der Waals surface area contributed by atoms with Gasteiger partial charge in [0.25, 0.3) is 0 Å². The van der Waals surface area contributed by atoms with E-state index in [2.05, 4.69) is 0 Å². The minimum absolute atomic E-state index is 0.163. The average Bonchev–Trinajstić information content (AvgIpc) is 2.42. The molecule has 0 atom stereocenters. The minimum Gasteiger partial charge on any atom is -0.484 e. The van der Waals surface area contributed by atoms with Gasteiger partial charge in [-0.15, -0.1) is 0 Å². The molecule has 0 heterocycles. The van der Waals surface area contributed by atoms with Gasteiger partial charge in [-0.3, -0.25) is 10.1 Å². The molecule has 0 aliphatic carbocycles. The van der Waals surface area contributed by atoms with Crippen LogP contribution in [0, 0.1) is 10.1 Å². The van der Waals surface area contributed by atoms with Crippen molar-refractivity contribution < 1.29 is 24.2 Å². The molecule has 0 saturated heterocycles. The maximum Gasteiger partial charge on any atom is 0.311 e. The average molecular weight is 271 g/mol. The van der Waals surface area contributed by atoms with Crippen molar-refractivity contribution in [1.82, 2.24) is 0 Å². The molecule has 0 saturated carbocycles. The van der Waals surface area contributed by atoms with E-state index in [0.29, 0.717) is 25.4 Å². The van der Waals surface area contributed by atoms with Crippen molar-refractivity contribution >= 4 is 5.69 Å². The summed E-state index contributed by atoms with van der Waals surface area (Å²) in [5.41, 5.74) is 0.304. The zero-order valence-electron chi connectivity index (χ0n) is 10.7. The van der Waals surface area contributed by atoms with E-state index >= 15 is 0 Å². The Morgan fingerprint density at radius 3 is 2.63 bits per heavy atom. The SMILES string of the molecule is COCCOCCOc1ccc(CO)cc1[N+](=O)[O-]. The summed E-state index contributed by atoms with van der Waals surface area (Å²) in [5, 5.41) is 19.8. The number of rotatable bonds is 9. The Labute approximate surface area is 110 Å². The van der Waals surface area contributed by atoms with Gasteiger partial charge in [-0.25, -0.2) is 0 Å². The molecule has 0 bridgehead atoms. The summed E-state index contributed by atoms with van der Waals surface area (Å²) in [7, 11) is 1.58. The van der Waals surface area contributed by atoms with E-state index in [0.717, 1.165) is 0 Å². The summed E-state index contributed by atoms with van der Waals surface area (Å²) >= 11 is 0. The van der Waals surface area contributed by atoms with Crippen molar-refractivity contribution in [2.24, 2.45) is 0 Å². The molecular weight excluding hydrogens is 254 g/mol. The lowest BCUT2D eigenvalue weighted by Crippen LogP contribution is -2.10. The molecule has 0 unspecified atom stereocenters. The van der Waals surface area contributed by atoms with Crippen LogP contribution in [0.2, 0.25) is 0 Å². The highest BCUT2D eigenvalue weighted by Crippen LogP contribution is 2.27. The fourth-order valence-electron chi connectivity index (χ4n) is 1.38. The monoisotopic (exact) mass is 271 g/mol. The highest BCUT2D eigenvalue weighted by molar-refractivity contribution is 5.48. The van der Waals surface area contributed by atoms with Crippen molar-refractivity contribution in [3.63, 3.8) is 0 Å². The lowest BCUT2D eigenvalue weighted by Gasteiger charge is -2.08. The fraction of sp³-hybridized carbons (Fsp3) is 0.500. The van der Waals surface area contributed by atoms with E-state index in [1.54, 1.807) is 13.2 Å². The van der Waals surface area contributed by atoms with Crippen molar-refractivity contribution in [1.29, 1.82) is 0 Å². The van der Waals surface area contributed by atoms with Gasteiger partial charge in [0.15, 0.2) is 5.75 Å². The molecule has 0 aromatic heterocycles. The fourth-order valence-corrected chi connectivity index (χ4v) is 1.38. The number of nitro benzene ring substituents is 1. The number of aliphatic hydroxyl groups is 1. The van der Waals surface area contributed by atoms with Crippen LogP contribution in [0.5, 0.6) is 5.75 Å². The maximum atomic E-state index is 10.9. The number of nitrogens with zero attached hydrogens (tertiary/aromatic N) is 1. The number of ether oxygens (including phenoxy) is 3. The van der Waals surface area contributed by atoms with Crippen LogP contribution in [0.3, 0.4) is 0 Å². The molecule has 0 radical (unpaired) electrons. The Balaban J connectivity index is 2.50. The summed E-state index contributed by atoms with van der Waals surface area (Å²) < 4.78 is 15.3. The standard InChI is InChI=1S/C12H17NO6/c1-17-4-5-18-6-7-19-12-3-2-10(9-14)8-11(12)13(15)16/h2-3,8,14H,4-7,9H2,1H3. The predicted molar refractivity (Wildman–Crippen MR) is 67.2 cm³/mol. The minimum atomic E-state index is -0.541. The lowest BCUT2D eigenvalue weighted by molar-refractivity contribution is -0.386. The third-order valence-corrected chi connectivity index (χ3v) is 2.32. The van der Waals surface area contributed by atoms with Crippen molar-refractivity contribution in [3.05, 3.63) is 33.9 Å². The smallest absolute Gasteiger partial charge is 0.311 e. The molecule has 0 spiro atoms. The van der Waals surface area contributed by atoms with Crippen molar-refractivity contribution in [3.8, 4) is 5.75 Å². The molecule has 0 fully saturated rings. The third kappa shape index (κ3) is 5.21. The summed E-state index contributed by atoms with van der Waals surface area (Å²) in [6.45, 7) is 1.23. The maximum absolute atomic E-state index is 10.9. The Bertz CT molecular complexity index is 409. The second-order valence-electron chi connectivity index (χ2n) is 3.67. The van der Waals surface area contributed by atoms with E-state index in [9.17, 15) is 10.1 Å². The highest BCUT2D eigenvalue weighted by Gasteiger charge is 2.15. The van der Waals surface area contributed by atoms with Crippen LogP contribution < -0.4 is 4.74 Å². The largest absolute Gasteiger partial charge is 0.484 e. The summed E-state index contributed by atoms with van der Waals surface area (Å²) in [6.07, 6.45) is 0. The van der Waals surface area contributed by atoms with Crippen LogP contribution >= 0.6 is 0 Å². The molecule has 0 aliphatic heterocycles. The first kappa shape index (κ1) is 15.4. The predicted octanol–water partition coefficient (Wildman–Crippen LogP) is 1.13. The molecule has 0 amide bonds. The van der Waals surface area contributed by atoms with E-state index in [-0.39, 0.29) is 24.7 Å². The zero-order valence-corrected chi connectivity index (χ0v) is 10.7. The molecule has 0 aliphatic rings. The van der Waals surface area contributed by atoms with Gasteiger partial charge in [0.1, 0.15) is 6.61 Å². The van der Waals surface area contributed by atoms with Crippen LogP contribution in [-0.4, -0.2) is 43.6 Å². The molecular formula is C12H17NO6. The summed E-state index contributed by atoms with van der Waals surface area (Å²) in [4.78, 5) is 10.3. The molecule has 1 aromatic rings. The van der Waals surface area contributed by atoms with E-state index < -0.39 is 4.92 Å². The van der Waals surface area contributed by atoms with Crippen molar-refractivity contribution in [2.45, 2.75) is 6.61 Å². The number of benzene rings is 1. The van der Waals surface area contributed by atoms with Crippen LogP contribution in [0.4, 0.5) is 5.69 Å². The second-order valence-corrected chi connectivity index (χ2v) is 3.67. The zero-order chi connectivity index (χ0) is 14.1. The van der Waals surface area contributed by atoms with Gasteiger partial charge >= 0.3 is 5.69 Å². The van der Waals surface area contributed by atoms with E-state index in [4.69, 9.17) is 19.3 Å². The first-order valence-electron chi connectivity index (χ1n) is 5.76. The summed E-state index contributed by atoms with van der Waals surface area (Å²) in [5.74, 6) is 0.164. The summed E-state index contributed by atoms with van der Waals surface area (Å²) in [6, 6.07) is 4.34. The Morgan fingerprint density at radius 2 is 2.00 bits per heavy atom. The van der Waals surface area contributed by atoms with Gasteiger partial charge in [0.05, 0.1) is 31.4 Å². The number of hydrogen-bond acceptors (Lipinski definition) is 6. The van der Waals surface area contributed by atoms with Crippen LogP contribution in [0.15, 0.2) is 18.2 Å². The van der Waals surface area contributed by atoms with Gasteiger partial charge in [0, 0.05) is 13.2 Å². The lowest BCUT2D eigenvalue weighted by atomic mass is 10.2. The van der Waals surface area contributed by atoms with E-state index in [1.165, 1.54) is 12.1 Å². The Kier molecular flexibility index (Phi) is 6.80. The first-order valence-corrected chi connectivity index (χ1v) is 5.76. The van der Waals surface area contributed by atoms with Gasteiger partial charge < -0.3 is 19.3 Å². The molecule has 1 N–H and O–H groups in total. The Morgan fingerprint density at radius 1 is 1.26 bits per heavy atom. The van der Waals surface area contributed by atoms with Gasteiger partial charge in [-0.05, 0) is 11.6 Å². The molecule has 7 nitrogen and oxygen atoms in total. The van der Waals surface area contributed by atoms with Crippen LogP contribution in [0.1, 0.15) is 5.56 Å². The second kappa shape index (κ2) is 8.41. The van der Waals surface area contributed by atoms with Crippen molar-refractivity contribution in [2.75, 3.05) is 33.5 Å². The topological polar surface area (TPSA) is 91.1 Å². The highest BCUT2D eigenvalue weighted by atomic mass is 16.6.